The van der Waals surface area contributed by atoms with Crippen LogP contribution in [0.1, 0.15) is 56.3 Å². The summed E-state index contributed by atoms with van der Waals surface area (Å²) in [4.78, 5) is 28.4. The Kier molecular flexibility index (Phi) is 5.44. The number of nitrogens with zero attached hydrogens (tertiary/aromatic N) is 4. The van der Waals surface area contributed by atoms with Crippen LogP contribution >= 0.6 is 0 Å². The molecule has 0 unspecified atom stereocenters. The average Bonchev–Trinajstić information content (AvgIpc) is 2.56. The number of pyridine rings is 1. The molecule has 6 heteroatoms. The van der Waals surface area contributed by atoms with E-state index < -0.39 is 0 Å². The van der Waals surface area contributed by atoms with Crippen LogP contribution < -0.4 is 10.2 Å². The molecule has 0 radical (unpaired) electrons. The summed E-state index contributed by atoms with van der Waals surface area (Å²) >= 11 is 0. The van der Waals surface area contributed by atoms with E-state index in [-0.39, 0.29) is 11.3 Å². The van der Waals surface area contributed by atoms with E-state index in [0.717, 1.165) is 54.4 Å². The predicted octanol–water partition coefficient (Wildman–Crippen LogP) is 3.82. The van der Waals surface area contributed by atoms with Crippen LogP contribution in [0.2, 0.25) is 0 Å². The number of anilines is 2. The first kappa shape index (κ1) is 19.3. The first-order valence-electron chi connectivity index (χ1n) is 9.55. The van der Waals surface area contributed by atoms with E-state index in [0.29, 0.717) is 12.2 Å². The Bertz CT molecular complexity index is 824. The summed E-state index contributed by atoms with van der Waals surface area (Å²) in [6.07, 6.45) is 4.29. The molecule has 144 valence electrons. The predicted molar refractivity (Wildman–Crippen MR) is 108 cm³/mol. The Balaban J connectivity index is 1.79. The zero-order chi connectivity index (χ0) is 19.6. The van der Waals surface area contributed by atoms with Crippen LogP contribution in [0.4, 0.5) is 11.6 Å². The molecule has 27 heavy (non-hydrogen) atoms. The molecule has 0 fully saturated rings. The number of rotatable bonds is 4. The fraction of sp³-hybridized carbons (Fsp3) is 0.524. The lowest BCUT2D eigenvalue weighted by Crippen LogP contribution is -2.31. The molecule has 3 rings (SSSR count). The second-order valence-corrected chi connectivity index (χ2v) is 8.55. The second kappa shape index (κ2) is 7.62. The molecule has 0 saturated carbocycles. The maximum absolute atomic E-state index is 12.3. The maximum atomic E-state index is 12.3. The average molecular weight is 367 g/mol. The molecule has 0 aromatic carbocycles. The van der Waals surface area contributed by atoms with Crippen molar-refractivity contribution >= 4 is 17.5 Å². The van der Waals surface area contributed by atoms with E-state index in [1.54, 1.807) is 0 Å². The molecule has 3 heterocycles. The molecule has 0 saturated heterocycles. The van der Waals surface area contributed by atoms with Crippen LogP contribution in [0.25, 0.3) is 0 Å². The highest BCUT2D eigenvalue weighted by atomic mass is 16.1. The first-order chi connectivity index (χ1) is 12.7. The minimum atomic E-state index is -0.0570. The van der Waals surface area contributed by atoms with Gasteiger partial charge >= 0.3 is 0 Å². The lowest BCUT2D eigenvalue weighted by molar-refractivity contribution is -0.117. The van der Waals surface area contributed by atoms with Crippen molar-refractivity contribution in [1.82, 2.24) is 15.0 Å². The normalized spacial score (nSPS) is 14.0. The molecule has 1 aliphatic heterocycles. The van der Waals surface area contributed by atoms with Crippen molar-refractivity contribution in [3.63, 3.8) is 0 Å². The molecule has 6 nitrogen and oxygen atoms in total. The number of amides is 1. The minimum Gasteiger partial charge on any atom is -0.351 e. The number of hydrogen-bond donors (Lipinski definition) is 1. The van der Waals surface area contributed by atoms with Crippen LogP contribution in [0.5, 0.6) is 0 Å². The Hall–Kier alpha value is -2.50. The summed E-state index contributed by atoms with van der Waals surface area (Å²) in [6, 6.07) is 4.14. The third-order valence-electron chi connectivity index (χ3n) is 4.56. The summed E-state index contributed by atoms with van der Waals surface area (Å²) in [5, 5.41) is 2.95. The van der Waals surface area contributed by atoms with E-state index in [2.05, 4.69) is 42.0 Å². The zero-order valence-electron chi connectivity index (χ0n) is 17.0. The number of hydrogen-bond acceptors (Lipinski definition) is 5. The fourth-order valence-electron chi connectivity index (χ4n) is 3.25. The van der Waals surface area contributed by atoms with Crippen molar-refractivity contribution in [2.24, 2.45) is 5.41 Å². The van der Waals surface area contributed by atoms with Gasteiger partial charge in [0.05, 0.1) is 11.4 Å². The van der Waals surface area contributed by atoms with Gasteiger partial charge in [-0.25, -0.2) is 9.97 Å². The Morgan fingerprint density at radius 3 is 2.67 bits per heavy atom. The largest absolute Gasteiger partial charge is 0.351 e. The van der Waals surface area contributed by atoms with Crippen molar-refractivity contribution in [1.29, 1.82) is 0 Å². The van der Waals surface area contributed by atoms with Gasteiger partial charge in [0.2, 0.25) is 5.91 Å². The maximum Gasteiger partial charge on any atom is 0.226 e. The molecule has 1 amide bonds. The van der Waals surface area contributed by atoms with Crippen molar-refractivity contribution in [3.8, 4) is 0 Å². The molecule has 0 aliphatic carbocycles. The Labute approximate surface area is 161 Å². The Morgan fingerprint density at radius 2 is 2.00 bits per heavy atom. The van der Waals surface area contributed by atoms with Crippen LogP contribution in [0.3, 0.4) is 0 Å². The quantitative estimate of drug-likeness (QED) is 0.889. The first-order valence-corrected chi connectivity index (χ1v) is 9.55. The van der Waals surface area contributed by atoms with Gasteiger partial charge in [0.1, 0.15) is 0 Å². The summed E-state index contributed by atoms with van der Waals surface area (Å²) in [7, 11) is 0. The lowest BCUT2D eigenvalue weighted by Gasteiger charge is -2.30. The molecule has 2 aromatic rings. The number of carbonyl (C=O) groups excluding carboxylic acids is 1. The van der Waals surface area contributed by atoms with Gasteiger partial charge in [-0.1, -0.05) is 26.8 Å². The van der Waals surface area contributed by atoms with Crippen molar-refractivity contribution < 1.29 is 4.79 Å². The molecule has 0 bridgehead atoms. The highest BCUT2D eigenvalue weighted by Crippen LogP contribution is 2.28. The number of aryl methyl sites for hydroxylation is 3. The summed E-state index contributed by atoms with van der Waals surface area (Å²) in [5.74, 6) is 1.49. The monoisotopic (exact) mass is 367 g/mol. The SMILES string of the molecule is Cc1ccc(CN2CCCc3nc(NC(=O)CC(C)(C)C)c(C)nc32)cn1. The topological polar surface area (TPSA) is 71.0 Å². The molecule has 0 spiro atoms. The van der Waals surface area contributed by atoms with E-state index >= 15 is 0 Å². The van der Waals surface area contributed by atoms with Gasteiger partial charge in [0.25, 0.3) is 0 Å². The molecule has 1 aliphatic rings. The number of carbonyl (C=O) groups is 1. The van der Waals surface area contributed by atoms with Crippen LogP contribution in [0, 0.1) is 19.3 Å². The molecule has 1 N–H and O–H groups in total. The fourth-order valence-corrected chi connectivity index (χ4v) is 3.25. The highest BCUT2D eigenvalue weighted by Gasteiger charge is 2.23. The van der Waals surface area contributed by atoms with Crippen LogP contribution in [-0.2, 0) is 17.8 Å². The third-order valence-corrected chi connectivity index (χ3v) is 4.56. The van der Waals surface area contributed by atoms with E-state index in [1.165, 1.54) is 0 Å². The molecular weight excluding hydrogens is 338 g/mol. The van der Waals surface area contributed by atoms with Crippen LogP contribution in [0.15, 0.2) is 18.3 Å². The van der Waals surface area contributed by atoms with Gasteiger partial charge in [0, 0.05) is 31.4 Å². The van der Waals surface area contributed by atoms with Gasteiger partial charge in [-0.2, -0.15) is 0 Å². The van der Waals surface area contributed by atoms with Crippen molar-refractivity contribution in [2.75, 3.05) is 16.8 Å². The van der Waals surface area contributed by atoms with Gasteiger partial charge in [0.15, 0.2) is 11.6 Å². The standard InChI is InChI=1S/C21H29N5O/c1-14-8-9-16(12-22-14)13-26-10-6-7-17-20(26)23-15(2)19(24-17)25-18(27)11-21(3,4)5/h8-9,12H,6-7,10-11,13H2,1-5H3,(H,24,25,27). The van der Waals surface area contributed by atoms with E-state index in [1.807, 2.05) is 26.1 Å². The number of nitrogens with one attached hydrogen (secondary N) is 1. The third kappa shape index (κ3) is 5.02. The van der Waals surface area contributed by atoms with Gasteiger partial charge in [-0.15, -0.1) is 0 Å². The minimum absolute atomic E-state index is 0.0155. The summed E-state index contributed by atoms with van der Waals surface area (Å²) in [6.45, 7) is 11.8. The lowest BCUT2D eigenvalue weighted by atomic mass is 9.92. The summed E-state index contributed by atoms with van der Waals surface area (Å²) in [5.41, 5.74) is 3.83. The summed E-state index contributed by atoms with van der Waals surface area (Å²) < 4.78 is 0. The van der Waals surface area contributed by atoms with Crippen molar-refractivity contribution in [2.45, 2.75) is 60.4 Å². The smallest absolute Gasteiger partial charge is 0.226 e. The molecule has 0 atom stereocenters. The van der Waals surface area contributed by atoms with Gasteiger partial charge in [-0.05, 0) is 43.7 Å². The zero-order valence-corrected chi connectivity index (χ0v) is 17.0. The van der Waals surface area contributed by atoms with Crippen LogP contribution in [-0.4, -0.2) is 27.4 Å². The van der Waals surface area contributed by atoms with Crippen molar-refractivity contribution in [3.05, 3.63) is 41.0 Å². The van der Waals surface area contributed by atoms with Gasteiger partial charge in [-0.3, -0.25) is 9.78 Å². The second-order valence-electron chi connectivity index (χ2n) is 8.55. The number of fused-ring (bicyclic) bond motifs is 1. The highest BCUT2D eigenvalue weighted by molar-refractivity contribution is 5.90. The Morgan fingerprint density at radius 1 is 1.22 bits per heavy atom. The molecule has 2 aromatic heterocycles. The van der Waals surface area contributed by atoms with Gasteiger partial charge < -0.3 is 10.2 Å². The van der Waals surface area contributed by atoms with E-state index in [4.69, 9.17) is 9.97 Å². The molecular formula is C21H29N5O. The number of aromatic nitrogens is 3. The van der Waals surface area contributed by atoms with E-state index in [9.17, 15) is 4.79 Å².